The molecule has 23 heavy (non-hydrogen) atoms. The fraction of sp³-hybridized carbons (Fsp3) is 0.444. The van der Waals surface area contributed by atoms with E-state index in [9.17, 15) is 4.79 Å². The highest BCUT2D eigenvalue weighted by Gasteiger charge is 2.34. The number of nitrogens with zero attached hydrogens (tertiary/aromatic N) is 2. The molecule has 1 aromatic heterocycles. The lowest BCUT2D eigenvalue weighted by Crippen LogP contribution is -2.54. The van der Waals surface area contributed by atoms with Crippen LogP contribution in [0.25, 0.3) is 0 Å². The van der Waals surface area contributed by atoms with Gasteiger partial charge in [0.05, 0.1) is 12.1 Å². The molecule has 1 heterocycles. The zero-order chi connectivity index (χ0) is 16.1. The first-order valence-corrected chi connectivity index (χ1v) is 8.28. The average Bonchev–Trinajstić information content (AvgIpc) is 3.06. The molecule has 1 amide bonds. The van der Waals surface area contributed by atoms with E-state index >= 15 is 0 Å². The average molecular weight is 312 g/mol. The van der Waals surface area contributed by atoms with Crippen LogP contribution in [-0.2, 0) is 17.9 Å². The minimum atomic E-state index is -0.676. The molecule has 5 heteroatoms. The second-order valence-electron chi connectivity index (χ2n) is 6.42. The zero-order valence-corrected chi connectivity index (χ0v) is 13.4. The third-order valence-electron chi connectivity index (χ3n) is 4.55. The molecule has 0 spiro atoms. The van der Waals surface area contributed by atoms with Gasteiger partial charge in [-0.25, -0.2) is 0 Å². The van der Waals surface area contributed by atoms with Gasteiger partial charge in [0.25, 0.3) is 0 Å². The van der Waals surface area contributed by atoms with E-state index in [0.717, 1.165) is 37.8 Å². The molecule has 0 unspecified atom stereocenters. The van der Waals surface area contributed by atoms with Gasteiger partial charge in [-0.2, -0.15) is 5.10 Å². The van der Waals surface area contributed by atoms with E-state index in [-0.39, 0.29) is 5.91 Å². The van der Waals surface area contributed by atoms with Gasteiger partial charge in [0, 0.05) is 18.9 Å². The van der Waals surface area contributed by atoms with E-state index in [1.807, 2.05) is 29.1 Å². The van der Waals surface area contributed by atoms with Crippen LogP contribution in [0.2, 0.25) is 0 Å². The van der Waals surface area contributed by atoms with Gasteiger partial charge in [0.2, 0.25) is 5.91 Å². The molecule has 0 radical (unpaired) electrons. The van der Waals surface area contributed by atoms with E-state index in [1.165, 1.54) is 12.0 Å². The van der Waals surface area contributed by atoms with Crippen LogP contribution in [-0.4, -0.2) is 21.2 Å². The van der Waals surface area contributed by atoms with Gasteiger partial charge in [-0.1, -0.05) is 43.5 Å². The summed E-state index contributed by atoms with van der Waals surface area (Å²) in [6, 6.07) is 10.1. The lowest BCUT2D eigenvalue weighted by atomic mass is 9.82. The van der Waals surface area contributed by atoms with Crippen LogP contribution in [0, 0.1) is 0 Å². The highest BCUT2D eigenvalue weighted by Crippen LogP contribution is 2.26. The molecule has 2 aromatic rings. The predicted octanol–water partition coefficient (Wildman–Crippen LogP) is 2.21. The molecule has 5 nitrogen and oxygen atoms in total. The lowest BCUT2D eigenvalue weighted by Gasteiger charge is -2.31. The highest BCUT2D eigenvalue weighted by atomic mass is 16.2. The predicted molar refractivity (Wildman–Crippen MR) is 89.6 cm³/mol. The summed E-state index contributed by atoms with van der Waals surface area (Å²) in [6.07, 6.45) is 8.56. The van der Waals surface area contributed by atoms with Crippen LogP contribution in [0.4, 0.5) is 0 Å². The number of amides is 1. The topological polar surface area (TPSA) is 72.9 Å². The summed E-state index contributed by atoms with van der Waals surface area (Å²) in [5.74, 6) is -0.0188. The van der Waals surface area contributed by atoms with Crippen LogP contribution in [0.15, 0.2) is 42.7 Å². The Morgan fingerprint density at radius 2 is 2.00 bits per heavy atom. The van der Waals surface area contributed by atoms with Crippen LogP contribution < -0.4 is 11.1 Å². The summed E-state index contributed by atoms with van der Waals surface area (Å²) in [7, 11) is 0. The SMILES string of the molecule is NC1(C(=O)NCc2cccc(Cn3cccn3)c2)CCCCC1. The Bertz CT molecular complexity index is 645. The van der Waals surface area contributed by atoms with Crippen molar-refractivity contribution in [2.24, 2.45) is 5.73 Å². The second-order valence-corrected chi connectivity index (χ2v) is 6.42. The quantitative estimate of drug-likeness (QED) is 0.889. The van der Waals surface area contributed by atoms with Gasteiger partial charge in [-0.15, -0.1) is 0 Å². The number of rotatable bonds is 5. The fourth-order valence-electron chi connectivity index (χ4n) is 3.19. The van der Waals surface area contributed by atoms with Gasteiger partial charge in [0.1, 0.15) is 0 Å². The molecule has 3 rings (SSSR count). The summed E-state index contributed by atoms with van der Waals surface area (Å²) >= 11 is 0. The van der Waals surface area contributed by atoms with Gasteiger partial charge in [-0.3, -0.25) is 9.48 Å². The van der Waals surface area contributed by atoms with Gasteiger partial charge < -0.3 is 11.1 Å². The maximum Gasteiger partial charge on any atom is 0.240 e. The maximum atomic E-state index is 12.4. The summed E-state index contributed by atoms with van der Waals surface area (Å²) < 4.78 is 1.88. The first kappa shape index (κ1) is 15.7. The van der Waals surface area contributed by atoms with E-state index in [2.05, 4.69) is 22.5 Å². The number of carbonyl (C=O) groups is 1. The lowest BCUT2D eigenvalue weighted by molar-refractivity contribution is -0.127. The van der Waals surface area contributed by atoms with Crippen molar-refractivity contribution in [2.75, 3.05) is 0 Å². The number of nitrogens with two attached hydrogens (primary N) is 1. The first-order valence-electron chi connectivity index (χ1n) is 8.28. The molecule has 0 bridgehead atoms. The molecule has 1 aromatic carbocycles. The summed E-state index contributed by atoms with van der Waals surface area (Å²) in [4.78, 5) is 12.4. The fourth-order valence-corrected chi connectivity index (χ4v) is 3.19. The third-order valence-corrected chi connectivity index (χ3v) is 4.55. The van der Waals surface area contributed by atoms with Crippen molar-refractivity contribution < 1.29 is 4.79 Å². The normalized spacial score (nSPS) is 16.9. The first-order chi connectivity index (χ1) is 11.2. The zero-order valence-electron chi connectivity index (χ0n) is 13.4. The van der Waals surface area contributed by atoms with Crippen molar-refractivity contribution >= 4 is 5.91 Å². The van der Waals surface area contributed by atoms with E-state index in [1.54, 1.807) is 6.20 Å². The highest BCUT2D eigenvalue weighted by molar-refractivity contribution is 5.86. The monoisotopic (exact) mass is 312 g/mol. The van der Waals surface area contributed by atoms with Crippen molar-refractivity contribution in [1.29, 1.82) is 0 Å². The Labute approximate surface area is 136 Å². The molecule has 0 saturated heterocycles. The summed E-state index contributed by atoms with van der Waals surface area (Å²) in [5, 5.41) is 7.22. The number of nitrogens with one attached hydrogen (secondary N) is 1. The Hall–Kier alpha value is -2.14. The van der Waals surface area contributed by atoms with E-state index in [0.29, 0.717) is 6.54 Å². The molecule has 1 aliphatic rings. The number of benzene rings is 1. The van der Waals surface area contributed by atoms with Crippen LogP contribution in [0.1, 0.15) is 43.2 Å². The minimum absolute atomic E-state index is 0.0188. The molecule has 122 valence electrons. The van der Waals surface area contributed by atoms with Crippen LogP contribution >= 0.6 is 0 Å². The number of carbonyl (C=O) groups excluding carboxylic acids is 1. The molecule has 1 fully saturated rings. The minimum Gasteiger partial charge on any atom is -0.350 e. The van der Waals surface area contributed by atoms with Crippen molar-refractivity contribution in [3.8, 4) is 0 Å². The number of aromatic nitrogens is 2. The molecule has 0 atom stereocenters. The van der Waals surface area contributed by atoms with Crippen molar-refractivity contribution in [3.63, 3.8) is 0 Å². The molecule has 1 aliphatic carbocycles. The summed E-state index contributed by atoms with van der Waals surface area (Å²) in [5.41, 5.74) is 7.84. The standard InChI is InChI=1S/C18H24N4O/c19-18(8-2-1-3-9-18)17(23)20-13-15-6-4-7-16(12-15)14-22-11-5-10-21-22/h4-7,10-12H,1-3,8-9,13-14,19H2,(H,20,23). The molecule has 0 aliphatic heterocycles. The summed E-state index contributed by atoms with van der Waals surface area (Å²) in [6.45, 7) is 1.25. The van der Waals surface area contributed by atoms with Crippen molar-refractivity contribution in [2.45, 2.75) is 50.7 Å². The Kier molecular flexibility index (Phi) is 4.76. The Balaban J connectivity index is 1.58. The Morgan fingerprint density at radius 3 is 2.74 bits per heavy atom. The molecule has 1 saturated carbocycles. The van der Waals surface area contributed by atoms with Crippen molar-refractivity contribution in [3.05, 3.63) is 53.9 Å². The van der Waals surface area contributed by atoms with Crippen LogP contribution in [0.3, 0.4) is 0 Å². The molecular weight excluding hydrogens is 288 g/mol. The van der Waals surface area contributed by atoms with E-state index in [4.69, 9.17) is 5.73 Å². The second kappa shape index (κ2) is 6.96. The Morgan fingerprint density at radius 1 is 1.22 bits per heavy atom. The largest absolute Gasteiger partial charge is 0.350 e. The number of hydrogen-bond donors (Lipinski definition) is 2. The van der Waals surface area contributed by atoms with E-state index < -0.39 is 5.54 Å². The van der Waals surface area contributed by atoms with Crippen molar-refractivity contribution in [1.82, 2.24) is 15.1 Å². The van der Waals surface area contributed by atoms with Gasteiger partial charge >= 0.3 is 0 Å². The third kappa shape index (κ3) is 3.99. The van der Waals surface area contributed by atoms with Gasteiger partial charge in [-0.05, 0) is 30.0 Å². The maximum absolute atomic E-state index is 12.4. The van der Waals surface area contributed by atoms with Crippen LogP contribution in [0.5, 0.6) is 0 Å². The number of hydrogen-bond acceptors (Lipinski definition) is 3. The molecule has 3 N–H and O–H groups in total. The molecular formula is C18H24N4O. The smallest absolute Gasteiger partial charge is 0.240 e. The van der Waals surface area contributed by atoms with Gasteiger partial charge in [0.15, 0.2) is 0 Å².